The third kappa shape index (κ3) is 2.21. The van der Waals surface area contributed by atoms with Crippen molar-refractivity contribution in [2.75, 3.05) is 14.2 Å². The summed E-state index contributed by atoms with van der Waals surface area (Å²) in [5, 5.41) is 0.587. The van der Waals surface area contributed by atoms with Gasteiger partial charge in [0.05, 0.1) is 24.6 Å². The SMILES string of the molecule is COCc1cc(=O)c2c(Br)ccc(OC)c2[nH]1. The largest absolute Gasteiger partial charge is 0.495 e. The first-order valence-corrected chi connectivity index (χ1v) is 5.84. The van der Waals surface area contributed by atoms with Crippen LogP contribution in [0.15, 0.2) is 27.5 Å². The standard InChI is InChI=1S/C12H12BrNO3/c1-16-6-7-5-9(15)11-8(13)3-4-10(17-2)12(11)14-7/h3-5H,6H2,1-2H3,(H,14,15). The second-order valence-electron chi connectivity index (χ2n) is 3.59. The van der Waals surface area contributed by atoms with Crippen LogP contribution in [0, 0.1) is 0 Å². The van der Waals surface area contributed by atoms with Crippen molar-refractivity contribution in [3.05, 3.63) is 38.6 Å². The number of rotatable bonds is 3. The molecule has 0 saturated heterocycles. The Bertz CT molecular complexity index is 606. The van der Waals surface area contributed by atoms with Crippen molar-refractivity contribution in [1.82, 2.24) is 4.98 Å². The molecular formula is C12H12BrNO3. The van der Waals surface area contributed by atoms with Gasteiger partial charge in [0.2, 0.25) is 0 Å². The van der Waals surface area contributed by atoms with E-state index >= 15 is 0 Å². The number of aromatic amines is 1. The van der Waals surface area contributed by atoms with E-state index in [-0.39, 0.29) is 5.43 Å². The first-order chi connectivity index (χ1) is 8.17. The van der Waals surface area contributed by atoms with Crippen LogP contribution in [0.4, 0.5) is 0 Å². The highest BCUT2D eigenvalue weighted by Gasteiger charge is 2.10. The minimum atomic E-state index is -0.0587. The van der Waals surface area contributed by atoms with Crippen LogP contribution in [-0.2, 0) is 11.3 Å². The minimum Gasteiger partial charge on any atom is -0.495 e. The lowest BCUT2D eigenvalue weighted by atomic mass is 10.2. The highest BCUT2D eigenvalue weighted by atomic mass is 79.9. The fraction of sp³-hybridized carbons (Fsp3) is 0.250. The number of nitrogens with one attached hydrogen (secondary N) is 1. The number of methoxy groups -OCH3 is 2. The quantitative estimate of drug-likeness (QED) is 0.947. The van der Waals surface area contributed by atoms with Gasteiger partial charge in [0.1, 0.15) is 5.75 Å². The van der Waals surface area contributed by atoms with E-state index in [1.165, 1.54) is 6.07 Å². The molecule has 0 bridgehead atoms. The van der Waals surface area contributed by atoms with Gasteiger partial charge >= 0.3 is 0 Å². The van der Waals surface area contributed by atoms with E-state index in [0.717, 1.165) is 10.2 Å². The van der Waals surface area contributed by atoms with E-state index in [1.807, 2.05) is 0 Å². The predicted octanol–water partition coefficient (Wildman–Crippen LogP) is 2.45. The number of aromatic nitrogens is 1. The summed E-state index contributed by atoms with van der Waals surface area (Å²) >= 11 is 3.37. The molecule has 2 rings (SSSR count). The highest BCUT2D eigenvalue weighted by molar-refractivity contribution is 9.10. The van der Waals surface area contributed by atoms with Crippen molar-refractivity contribution in [3.8, 4) is 5.75 Å². The lowest BCUT2D eigenvalue weighted by Crippen LogP contribution is -2.07. The normalized spacial score (nSPS) is 10.8. The topological polar surface area (TPSA) is 51.3 Å². The molecule has 0 atom stereocenters. The van der Waals surface area contributed by atoms with Gasteiger partial charge in [-0.3, -0.25) is 4.79 Å². The Hall–Kier alpha value is -1.33. The van der Waals surface area contributed by atoms with Gasteiger partial charge < -0.3 is 14.5 Å². The molecule has 0 radical (unpaired) electrons. The Labute approximate surface area is 107 Å². The molecule has 0 aliphatic rings. The molecule has 0 aliphatic carbocycles. The van der Waals surface area contributed by atoms with Crippen LogP contribution in [0.3, 0.4) is 0 Å². The van der Waals surface area contributed by atoms with Gasteiger partial charge in [-0.05, 0) is 28.1 Å². The Balaban J connectivity index is 2.80. The van der Waals surface area contributed by atoms with Gasteiger partial charge in [-0.15, -0.1) is 0 Å². The van der Waals surface area contributed by atoms with E-state index in [4.69, 9.17) is 9.47 Å². The van der Waals surface area contributed by atoms with Crippen LogP contribution in [0.2, 0.25) is 0 Å². The Morgan fingerprint density at radius 1 is 1.35 bits per heavy atom. The second-order valence-corrected chi connectivity index (χ2v) is 4.45. The van der Waals surface area contributed by atoms with Gasteiger partial charge in [0, 0.05) is 23.3 Å². The summed E-state index contributed by atoms with van der Waals surface area (Å²) in [4.78, 5) is 15.2. The van der Waals surface area contributed by atoms with Crippen LogP contribution < -0.4 is 10.2 Å². The highest BCUT2D eigenvalue weighted by Crippen LogP contribution is 2.28. The molecule has 0 spiro atoms. The van der Waals surface area contributed by atoms with Gasteiger partial charge in [-0.2, -0.15) is 0 Å². The summed E-state index contributed by atoms with van der Waals surface area (Å²) in [6.07, 6.45) is 0. The average molecular weight is 298 g/mol. The number of halogens is 1. The number of H-pyrrole nitrogens is 1. The smallest absolute Gasteiger partial charge is 0.191 e. The number of ether oxygens (including phenoxy) is 2. The van der Waals surface area contributed by atoms with Crippen molar-refractivity contribution in [3.63, 3.8) is 0 Å². The number of pyridine rings is 1. The molecule has 0 saturated carbocycles. The van der Waals surface area contributed by atoms with Crippen LogP contribution in [-0.4, -0.2) is 19.2 Å². The summed E-state index contributed by atoms with van der Waals surface area (Å²) in [6, 6.07) is 5.14. The summed E-state index contributed by atoms with van der Waals surface area (Å²) in [5.74, 6) is 0.637. The molecule has 1 aromatic heterocycles. The third-order valence-corrected chi connectivity index (χ3v) is 3.13. The number of benzene rings is 1. The van der Waals surface area contributed by atoms with Crippen LogP contribution >= 0.6 is 15.9 Å². The van der Waals surface area contributed by atoms with Crippen LogP contribution in [0.25, 0.3) is 10.9 Å². The first kappa shape index (κ1) is 12.1. The van der Waals surface area contributed by atoms with E-state index in [9.17, 15) is 4.79 Å². The summed E-state index contributed by atoms with van der Waals surface area (Å²) < 4.78 is 11.0. The van der Waals surface area contributed by atoms with Crippen molar-refractivity contribution in [1.29, 1.82) is 0 Å². The molecule has 1 N–H and O–H groups in total. The molecule has 0 unspecified atom stereocenters. The van der Waals surface area contributed by atoms with Crippen molar-refractivity contribution >= 4 is 26.8 Å². The monoisotopic (exact) mass is 297 g/mol. The maximum absolute atomic E-state index is 12.0. The molecular weight excluding hydrogens is 286 g/mol. The van der Waals surface area contributed by atoms with Gasteiger partial charge in [0.15, 0.2) is 5.43 Å². The molecule has 0 fully saturated rings. The van der Waals surface area contributed by atoms with Gasteiger partial charge in [-0.25, -0.2) is 0 Å². The lowest BCUT2D eigenvalue weighted by Gasteiger charge is -2.08. The second kappa shape index (κ2) is 4.89. The molecule has 2 aromatic rings. The maximum Gasteiger partial charge on any atom is 0.191 e. The molecule has 4 nitrogen and oxygen atoms in total. The average Bonchev–Trinajstić information content (AvgIpc) is 2.29. The Morgan fingerprint density at radius 2 is 2.12 bits per heavy atom. The molecule has 0 amide bonds. The molecule has 5 heteroatoms. The lowest BCUT2D eigenvalue weighted by molar-refractivity contribution is 0.181. The zero-order valence-electron chi connectivity index (χ0n) is 9.54. The van der Waals surface area contributed by atoms with Crippen molar-refractivity contribution in [2.45, 2.75) is 6.61 Å². The van der Waals surface area contributed by atoms with E-state index in [1.54, 1.807) is 26.4 Å². The first-order valence-electron chi connectivity index (χ1n) is 5.04. The Kier molecular flexibility index (Phi) is 3.49. The summed E-state index contributed by atoms with van der Waals surface area (Å²) in [6.45, 7) is 0.362. The molecule has 90 valence electrons. The Morgan fingerprint density at radius 3 is 2.76 bits per heavy atom. The predicted molar refractivity (Wildman–Crippen MR) is 69.5 cm³/mol. The molecule has 0 aliphatic heterocycles. The van der Waals surface area contributed by atoms with Gasteiger partial charge in [0.25, 0.3) is 0 Å². The molecule has 1 heterocycles. The minimum absolute atomic E-state index is 0.0587. The van der Waals surface area contributed by atoms with E-state index in [2.05, 4.69) is 20.9 Å². The summed E-state index contributed by atoms with van der Waals surface area (Å²) in [7, 11) is 3.16. The molecule has 1 aromatic carbocycles. The molecule has 17 heavy (non-hydrogen) atoms. The van der Waals surface area contributed by atoms with Gasteiger partial charge in [-0.1, -0.05) is 0 Å². The van der Waals surface area contributed by atoms with Crippen LogP contribution in [0.1, 0.15) is 5.69 Å². The van der Waals surface area contributed by atoms with E-state index < -0.39 is 0 Å². The van der Waals surface area contributed by atoms with Crippen molar-refractivity contribution in [2.24, 2.45) is 0 Å². The maximum atomic E-state index is 12.0. The fourth-order valence-electron chi connectivity index (χ4n) is 1.75. The third-order valence-electron chi connectivity index (χ3n) is 2.47. The zero-order valence-corrected chi connectivity index (χ0v) is 11.1. The van der Waals surface area contributed by atoms with Crippen LogP contribution in [0.5, 0.6) is 5.75 Å². The number of hydrogen-bond acceptors (Lipinski definition) is 3. The van der Waals surface area contributed by atoms with Crippen molar-refractivity contribution < 1.29 is 9.47 Å². The fourth-order valence-corrected chi connectivity index (χ4v) is 2.28. The van der Waals surface area contributed by atoms with E-state index in [0.29, 0.717) is 23.3 Å². The zero-order chi connectivity index (χ0) is 12.4. The summed E-state index contributed by atoms with van der Waals surface area (Å²) in [5.41, 5.74) is 1.35. The number of fused-ring (bicyclic) bond motifs is 1. The number of hydrogen-bond donors (Lipinski definition) is 1.